The Bertz CT molecular complexity index is 508. The van der Waals surface area contributed by atoms with Gasteiger partial charge in [-0.1, -0.05) is 6.07 Å². The summed E-state index contributed by atoms with van der Waals surface area (Å²) in [6.45, 7) is 7.26. The van der Waals surface area contributed by atoms with E-state index in [-0.39, 0.29) is 18.0 Å². The molecule has 5 nitrogen and oxygen atoms in total. The molecule has 1 rings (SSSR count). The summed E-state index contributed by atoms with van der Waals surface area (Å²) in [5.74, 6) is -0.0881. The average Bonchev–Trinajstić information content (AvgIpc) is 2.47. The van der Waals surface area contributed by atoms with Gasteiger partial charge < -0.3 is 10.1 Å². The van der Waals surface area contributed by atoms with Crippen LogP contribution in [0.5, 0.6) is 0 Å². The Morgan fingerprint density at radius 2 is 2.14 bits per heavy atom. The SMILES string of the molecule is COCCN(C(C)C)C(C)C(=O)Nc1cccc(C#N)c1. The molecule has 1 N–H and O–H groups in total. The second-order valence-corrected chi connectivity index (χ2v) is 5.18. The topological polar surface area (TPSA) is 65.4 Å². The molecule has 21 heavy (non-hydrogen) atoms. The summed E-state index contributed by atoms with van der Waals surface area (Å²) >= 11 is 0. The summed E-state index contributed by atoms with van der Waals surface area (Å²) in [6, 6.07) is 8.93. The van der Waals surface area contributed by atoms with Gasteiger partial charge in [-0.2, -0.15) is 5.26 Å². The zero-order valence-corrected chi connectivity index (χ0v) is 13.1. The van der Waals surface area contributed by atoms with Gasteiger partial charge in [-0.05, 0) is 39.0 Å². The second kappa shape index (κ2) is 8.40. The van der Waals surface area contributed by atoms with Crippen LogP contribution < -0.4 is 5.32 Å². The highest BCUT2D eigenvalue weighted by atomic mass is 16.5. The van der Waals surface area contributed by atoms with Crippen molar-refractivity contribution in [2.45, 2.75) is 32.9 Å². The Kier molecular flexibility index (Phi) is 6.86. The molecule has 0 saturated heterocycles. The number of carbonyl (C=O) groups is 1. The van der Waals surface area contributed by atoms with Crippen LogP contribution in [0.15, 0.2) is 24.3 Å². The van der Waals surface area contributed by atoms with Crippen LogP contribution in [0.3, 0.4) is 0 Å². The molecule has 1 amide bonds. The van der Waals surface area contributed by atoms with Gasteiger partial charge in [0.05, 0.1) is 24.3 Å². The van der Waals surface area contributed by atoms with Gasteiger partial charge in [0, 0.05) is 25.4 Å². The minimum Gasteiger partial charge on any atom is -0.383 e. The van der Waals surface area contributed by atoms with Crippen molar-refractivity contribution in [3.8, 4) is 6.07 Å². The predicted molar refractivity (Wildman–Crippen MR) is 83.0 cm³/mol. The van der Waals surface area contributed by atoms with E-state index in [0.717, 1.165) is 0 Å². The molecule has 0 aliphatic heterocycles. The first-order chi connectivity index (χ1) is 9.99. The summed E-state index contributed by atoms with van der Waals surface area (Å²) in [6.07, 6.45) is 0. The number of nitriles is 1. The molecular weight excluding hydrogens is 266 g/mol. The van der Waals surface area contributed by atoms with Crippen LogP contribution in [0.25, 0.3) is 0 Å². The lowest BCUT2D eigenvalue weighted by Crippen LogP contribution is -2.47. The first-order valence-electron chi connectivity index (χ1n) is 7.05. The third-order valence-corrected chi connectivity index (χ3v) is 3.35. The van der Waals surface area contributed by atoms with E-state index in [1.807, 2.05) is 6.92 Å². The van der Waals surface area contributed by atoms with E-state index in [1.54, 1.807) is 31.4 Å². The van der Waals surface area contributed by atoms with Crippen molar-refractivity contribution >= 4 is 11.6 Å². The first kappa shape index (κ1) is 17.2. The van der Waals surface area contributed by atoms with Gasteiger partial charge in [-0.25, -0.2) is 0 Å². The number of hydrogen-bond donors (Lipinski definition) is 1. The fourth-order valence-corrected chi connectivity index (χ4v) is 2.16. The van der Waals surface area contributed by atoms with Crippen LogP contribution in [0.4, 0.5) is 5.69 Å². The molecule has 0 saturated carbocycles. The average molecular weight is 289 g/mol. The molecule has 0 aromatic heterocycles. The number of amides is 1. The van der Waals surface area contributed by atoms with Gasteiger partial charge in [-0.15, -0.1) is 0 Å². The molecule has 1 unspecified atom stereocenters. The molecule has 1 aromatic carbocycles. The van der Waals surface area contributed by atoms with Crippen LogP contribution >= 0.6 is 0 Å². The number of nitrogens with zero attached hydrogens (tertiary/aromatic N) is 2. The van der Waals surface area contributed by atoms with E-state index in [1.165, 1.54) is 0 Å². The number of anilines is 1. The van der Waals surface area contributed by atoms with Gasteiger partial charge in [-0.3, -0.25) is 9.69 Å². The van der Waals surface area contributed by atoms with Crippen molar-refractivity contribution in [2.75, 3.05) is 25.6 Å². The molecule has 114 valence electrons. The van der Waals surface area contributed by atoms with Gasteiger partial charge in [0.25, 0.3) is 0 Å². The Balaban J connectivity index is 2.74. The summed E-state index contributed by atoms with van der Waals surface area (Å²) in [5.41, 5.74) is 1.17. The molecule has 0 fully saturated rings. The Morgan fingerprint density at radius 1 is 1.43 bits per heavy atom. The number of methoxy groups -OCH3 is 1. The molecular formula is C16H23N3O2. The molecule has 0 bridgehead atoms. The third kappa shape index (κ3) is 5.18. The third-order valence-electron chi connectivity index (χ3n) is 3.35. The Labute approximate surface area is 126 Å². The number of rotatable bonds is 7. The van der Waals surface area contributed by atoms with Gasteiger partial charge in [0.2, 0.25) is 5.91 Å². The molecule has 0 spiro atoms. The summed E-state index contributed by atoms with van der Waals surface area (Å²) in [5, 5.41) is 11.7. The van der Waals surface area contributed by atoms with Gasteiger partial charge in [0.15, 0.2) is 0 Å². The number of hydrogen-bond acceptors (Lipinski definition) is 4. The molecule has 1 aromatic rings. The fraction of sp³-hybridized carbons (Fsp3) is 0.500. The molecule has 0 heterocycles. The largest absolute Gasteiger partial charge is 0.383 e. The zero-order chi connectivity index (χ0) is 15.8. The normalized spacial score (nSPS) is 12.2. The summed E-state index contributed by atoms with van der Waals surface area (Å²) in [7, 11) is 1.65. The summed E-state index contributed by atoms with van der Waals surface area (Å²) in [4.78, 5) is 14.4. The van der Waals surface area contributed by atoms with E-state index in [9.17, 15) is 4.79 Å². The molecule has 5 heteroatoms. The van der Waals surface area contributed by atoms with Gasteiger partial charge in [0.1, 0.15) is 0 Å². The second-order valence-electron chi connectivity index (χ2n) is 5.18. The first-order valence-corrected chi connectivity index (χ1v) is 7.05. The van der Waals surface area contributed by atoms with E-state index in [2.05, 4.69) is 30.1 Å². The van der Waals surface area contributed by atoms with Crippen LogP contribution in [0.1, 0.15) is 26.3 Å². The quantitative estimate of drug-likeness (QED) is 0.836. The molecule has 0 radical (unpaired) electrons. The van der Waals surface area contributed by atoms with Crippen LogP contribution in [-0.4, -0.2) is 43.2 Å². The smallest absolute Gasteiger partial charge is 0.241 e. The van der Waals surface area contributed by atoms with E-state index < -0.39 is 0 Å². The minimum atomic E-state index is -0.272. The van der Waals surface area contributed by atoms with Crippen LogP contribution in [-0.2, 0) is 9.53 Å². The lowest BCUT2D eigenvalue weighted by atomic mass is 10.1. The van der Waals surface area contributed by atoms with E-state index >= 15 is 0 Å². The van der Waals surface area contributed by atoms with Crippen molar-refractivity contribution in [3.05, 3.63) is 29.8 Å². The Morgan fingerprint density at radius 3 is 2.71 bits per heavy atom. The predicted octanol–water partition coefficient (Wildman–Crippen LogP) is 2.24. The van der Waals surface area contributed by atoms with Crippen molar-refractivity contribution in [1.82, 2.24) is 4.90 Å². The Hall–Kier alpha value is -1.90. The maximum atomic E-state index is 12.3. The van der Waals surface area contributed by atoms with Crippen LogP contribution in [0.2, 0.25) is 0 Å². The molecule has 0 aliphatic rings. The highest BCUT2D eigenvalue weighted by molar-refractivity contribution is 5.94. The molecule has 0 aliphatic carbocycles. The monoisotopic (exact) mass is 289 g/mol. The van der Waals surface area contributed by atoms with Crippen LogP contribution in [0, 0.1) is 11.3 Å². The number of carbonyl (C=O) groups excluding carboxylic acids is 1. The minimum absolute atomic E-state index is 0.0881. The standard InChI is InChI=1S/C16H23N3O2/c1-12(2)19(8-9-21-4)13(3)16(20)18-15-7-5-6-14(10-15)11-17/h5-7,10,12-13H,8-9H2,1-4H3,(H,18,20). The van der Waals surface area contributed by atoms with Crippen molar-refractivity contribution in [2.24, 2.45) is 0 Å². The van der Waals surface area contributed by atoms with Gasteiger partial charge >= 0.3 is 0 Å². The highest BCUT2D eigenvalue weighted by Crippen LogP contribution is 2.12. The van der Waals surface area contributed by atoms with Crippen molar-refractivity contribution in [3.63, 3.8) is 0 Å². The van der Waals surface area contributed by atoms with E-state index in [0.29, 0.717) is 24.4 Å². The fourth-order valence-electron chi connectivity index (χ4n) is 2.16. The number of ether oxygens (including phenoxy) is 1. The highest BCUT2D eigenvalue weighted by Gasteiger charge is 2.23. The van der Waals surface area contributed by atoms with Crippen molar-refractivity contribution in [1.29, 1.82) is 5.26 Å². The zero-order valence-electron chi connectivity index (χ0n) is 13.1. The lowest BCUT2D eigenvalue weighted by Gasteiger charge is -2.31. The lowest BCUT2D eigenvalue weighted by molar-refractivity contribution is -0.121. The maximum absolute atomic E-state index is 12.3. The molecule has 1 atom stereocenters. The maximum Gasteiger partial charge on any atom is 0.241 e. The van der Waals surface area contributed by atoms with Crippen molar-refractivity contribution < 1.29 is 9.53 Å². The summed E-state index contributed by atoms with van der Waals surface area (Å²) < 4.78 is 5.09. The number of nitrogens with one attached hydrogen (secondary N) is 1. The number of benzene rings is 1. The van der Waals surface area contributed by atoms with E-state index in [4.69, 9.17) is 10.00 Å².